The molecule has 1 aromatic heterocycles. The first kappa shape index (κ1) is 17.5. The molecule has 0 radical (unpaired) electrons. The third kappa shape index (κ3) is 4.19. The highest BCUT2D eigenvalue weighted by molar-refractivity contribution is 7.91. The largest absolute Gasteiger partial charge is 0.483 e. The molecule has 0 spiro atoms. The fourth-order valence-electron chi connectivity index (χ4n) is 2.90. The minimum atomic E-state index is -3.03. The van der Waals surface area contributed by atoms with E-state index in [0.717, 1.165) is 11.3 Å². The Morgan fingerprint density at radius 2 is 2.12 bits per heavy atom. The number of carbonyl (C=O) groups excluding carboxylic acids is 1. The molecule has 25 heavy (non-hydrogen) atoms. The number of benzene rings is 1. The van der Waals surface area contributed by atoms with Gasteiger partial charge in [-0.15, -0.1) is 0 Å². The summed E-state index contributed by atoms with van der Waals surface area (Å²) in [5.41, 5.74) is 1.67. The van der Waals surface area contributed by atoms with E-state index in [4.69, 9.17) is 4.74 Å². The lowest BCUT2D eigenvalue weighted by Crippen LogP contribution is -2.24. The number of rotatable bonds is 5. The van der Waals surface area contributed by atoms with Crippen LogP contribution in [0.1, 0.15) is 23.7 Å². The summed E-state index contributed by atoms with van der Waals surface area (Å²) in [6.45, 7) is 3.59. The minimum absolute atomic E-state index is 0.0523. The van der Waals surface area contributed by atoms with Crippen LogP contribution in [0.15, 0.2) is 30.3 Å². The average molecular weight is 363 g/mol. The number of hydrogen-bond donors (Lipinski definition) is 1. The predicted molar refractivity (Wildman–Crippen MR) is 94.6 cm³/mol. The molecule has 1 fully saturated rings. The van der Waals surface area contributed by atoms with Crippen LogP contribution in [-0.2, 0) is 14.6 Å². The maximum absolute atomic E-state index is 12.2. The molecule has 1 aliphatic rings. The molecule has 1 amide bonds. The minimum Gasteiger partial charge on any atom is -0.483 e. The number of hydrogen-bond acceptors (Lipinski definition) is 5. The summed E-state index contributed by atoms with van der Waals surface area (Å²) in [4.78, 5) is 12.2. The highest BCUT2D eigenvalue weighted by Gasteiger charge is 2.31. The SMILES string of the molecule is Cc1cc(NC(=O)COc2ccccc2C)n([C@@H]2CCS(=O)(=O)C2)n1. The highest BCUT2D eigenvalue weighted by atomic mass is 32.2. The maximum atomic E-state index is 12.2. The van der Waals surface area contributed by atoms with Crippen molar-refractivity contribution < 1.29 is 17.9 Å². The van der Waals surface area contributed by atoms with Crippen LogP contribution in [0.3, 0.4) is 0 Å². The van der Waals surface area contributed by atoms with Gasteiger partial charge in [0, 0.05) is 6.07 Å². The van der Waals surface area contributed by atoms with E-state index in [1.807, 2.05) is 25.1 Å². The number of ether oxygens (including phenoxy) is 1. The third-order valence-electron chi connectivity index (χ3n) is 4.13. The van der Waals surface area contributed by atoms with Crippen LogP contribution < -0.4 is 10.1 Å². The zero-order valence-corrected chi connectivity index (χ0v) is 15.0. The van der Waals surface area contributed by atoms with Crippen LogP contribution in [0.2, 0.25) is 0 Å². The fraction of sp³-hybridized carbons (Fsp3) is 0.412. The first-order valence-corrected chi connectivity index (χ1v) is 9.91. The smallest absolute Gasteiger partial charge is 0.263 e. The summed E-state index contributed by atoms with van der Waals surface area (Å²) in [5.74, 6) is 1.05. The van der Waals surface area contributed by atoms with Crippen molar-refractivity contribution in [2.75, 3.05) is 23.4 Å². The quantitative estimate of drug-likeness (QED) is 0.876. The molecule has 1 atom stereocenters. The number of para-hydroxylation sites is 1. The van der Waals surface area contributed by atoms with Gasteiger partial charge in [-0.2, -0.15) is 5.10 Å². The number of sulfone groups is 1. The molecule has 0 saturated carbocycles. The van der Waals surface area contributed by atoms with Gasteiger partial charge < -0.3 is 10.1 Å². The van der Waals surface area contributed by atoms with Crippen LogP contribution in [-0.4, -0.2) is 42.2 Å². The standard InChI is InChI=1S/C17H21N3O4S/c1-12-5-3-4-6-15(12)24-10-17(21)18-16-9-13(2)19-20(16)14-7-8-25(22,23)11-14/h3-6,9,14H,7-8,10-11H2,1-2H3,(H,18,21)/t14-/m1/s1. The lowest BCUT2D eigenvalue weighted by Gasteiger charge is -2.14. The summed E-state index contributed by atoms with van der Waals surface area (Å²) >= 11 is 0. The molecule has 0 unspecified atom stereocenters. The second-order valence-corrected chi connectivity index (χ2v) is 8.50. The average Bonchev–Trinajstić information content (AvgIpc) is 3.08. The van der Waals surface area contributed by atoms with Gasteiger partial charge >= 0.3 is 0 Å². The van der Waals surface area contributed by atoms with Crippen LogP contribution in [0.25, 0.3) is 0 Å². The Kier molecular flexibility index (Phi) is 4.80. The first-order chi connectivity index (χ1) is 11.8. The lowest BCUT2D eigenvalue weighted by atomic mass is 10.2. The third-order valence-corrected chi connectivity index (χ3v) is 5.88. The summed E-state index contributed by atoms with van der Waals surface area (Å²) in [7, 11) is -3.03. The maximum Gasteiger partial charge on any atom is 0.263 e. The Bertz CT molecular complexity index is 889. The van der Waals surface area contributed by atoms with Crippen LogP contribution >= 0.6 is 0 Å². The monoisotopic (exact) mass is 363 g/mol. The van der Waals surface area contributed by atoms with E-state index in [2.05, 4.69) is 10.4 Å². The second kappa shape index (κ2) is 6.87. The second-order valence-electron chi connectivity index (χ2n) is 6.27. The number of aromatic nitrogens is 2. The Labute approximate surface area is 146 Å². The van der Waals surface area contributed by atoms with Crippen molar-refractivity contribution in [2.45, 2.75) is 26.3 Å². The van der Waals surface area contributed by atoms with Gasteiger partial charge in [0.2, 0.25) is 0 Å². The zero-order valence-electron chi connectivity index (χ0n) is 14.2. The molecule has 7 nitrogen and oxygen atoms in total. The van der Waals surface area contributed by atoms with Crippen molar-refractivity contribution in [1.82, 2.24) is 9.78 Å². The van der Waals surface area contributed by atoms with Gasteiger partial charge in [-0.25, -0.2) is 13.1 Å². The lowest BCUT2D eigenvalue weighted by molar-refractivity contribution is -0.118. The molecule has 1 aromatic carbocycles. The van der Waals surface area contributed by atoms with E-state index >= 15 is 0 Å². The van der Waals surface area contributed by atoms with E-state index < -0.39 is 9.84 Å². The van der Waals surface area contributed by atoms with Gasteiger partial charge in [-0.3, -0.25) is 4.79 Å². The van der Waals surface area contributed by atoms with Crippen LogP contribution in [0.5, 0.6) is 5.75 Å². The topological polar surface area (TPSA) is 90.3 Å². The summed E-state index contributed by atoms with van der Waals surface area (Å²) in [6, 6.07) is 8.95. The van der Waals surface area contributed by atoms with Gasteiger partial charge in [0.25, 0.3) is 5.91 Å². The normalized spacial score (nSPS) is 18.9. The highest BCUT2D eigenvalue weighted by Crippen LogP contribution is 2.27. The first-order valence-electron chi connectivity index (χ1n) is 8.09. The van der Waals surface area contributed by atoms with Crippen molar-refractivity contribution in [2.24, 2.45) is 0 Å². The molecule has 1 N–H and O–H groups in total. The number of amides is 1. The van der Waals surface area contributed by atoms with E-state index in [0.29, 0.717) is 18.0 Å². The van der Waals surface area contributed by atoms with Crippen molar-refractivity contribution in [3.63, 3.8) is 0 Å². The molecule has 2 aromatic rings. The van der Waals surface area contributed by atoms with Crippen molar-refractivity contribution in [3.8, 4) is 5.75 Å². The van der Waals surface area contributed by atoms with Crippen LogP contribution in [0, 0.1) is 13.8 Å². The summed E-state index contributed by atoms with van der Waals surface area (Å²) in [5, 5.41) is 7.11. The Morgan fingerprint density at radius 1 is 1.36 bits per heavy atom. The summed E-state index contributed by atoms with van der Waals surface area (Å²) < 4.78 is 30.5. The predicted octanol–water partition coefficient (Wildman–Crippen LogP) is 1.88. The van der Waals surface area contributed by atoms with Gasteiger partial charge in [-0.1, -0.05) is 18.2 Å². The van der Waals surface area contributed by atoms with Crippen molar-refractivity contribution in [1.29, 1.82) is 0 Å². The van der Waals surface area contributed by atoms with Crippen LogP contribution in [0.4, 0.5) is 5.82 Å². The molecule has 8 heteroatoms. The molecule has 2 heterocycles. The Hall–Kier alpha value is -2.35. The van der Waals surface area contributed by atoms with Gasteiger partial charge in [0.15, 0.2) is 16.4 Å². The Morgan fingerprint density at radius 3 is 2.80 bits per heavy atom. The number of aryl methyl sites for hydroxylation is 2. The van der Waals surface area contributed by atoms with Crippen molar-refractivity contribution in [3.05, 3.63) is 41.6 Å². The van der Waals surface area contributed by atoms with E-state index in [-0.39, 0.29) is 30.1 Å². The zero-order chi connectivity index (χ0) is 18.0. The van der Waals surface area contributed by atoms with Gasteiger partial charge in [-0.05, 0) is 31.9 Å². The molecular formula is C17H21N3O4S. The van der Waals surface area contributed by atoms with Crippen molar-refractivity contribution >= 4 is 21.6 Å². The molecule has 0 bridgehead atoms. The van der Waals surface area contributed by atoms with E-state index in [1.54, 1.807) is 23.7 Å². The number of nitrogens with zero attached hydrogens (tertiary/aromatic N) is 2. The van der Waals surface area contributed by atoms with E-state index in [1.165, 1.54) is 0 Å². The Balaban J connectivity index is 1.67. The van der Waals surface area contributed by atoms with Gasteiger partial charge in [0.05, 0.1) is 23.2 Å². The number of carbonyl (C=O) groups is 1. The molecule has 134 valence electrons. The summed E-state index contributed by atoms with van der Waals surface area (Å²) in [6.07, 6.45) is 0.506. The molecule has 3 rings (SSSR count). The number of anilines is 1. The molecular weight excluding hydrogens is 342 g/mol. The molecule has 1 aliphatic heterocycles. The van der Waals surface area contributed by atoms with E-state index in [9.17, 15) is 13.2 Å². The molecule has 0 aliphatic carbocycles. The fourth-order valence-corrected chi connectivity index (χ4v) is 4.59. The number of nitrogens with one attached hydrogen (secondary N) is 1. The van der Waals surface area contributed by atoms with Gasteiger partial charge in [0.1, 0.15) is 11.6 Å². The molecule has 1 saturated heterocycles.